The maximum Gasteiger partial charge on any atom is 0.306 e. The first-order valence-electron chi connectivity index (χ1n) is 8.21. The molecule has 2 aromatic rings. The van der Waals surface area contributed by atoms with E-state index in [-0.39, 0.29) is 5.75 Å². The van der Waals surface area contributed by atoms with Gasteiger partial charge in [-0.2, -0.15) is 8.42 Å². The van der Waals surface area contributed by atoms with E-state index in [1.165, 1.54) is 13.0 Å². The number of ether oxygens (including phenoxy) is 3. The summed E-state index contributed by atoms with van der Waals surface area (Å²) in [5, 5.41) is 0. The third-order valence-electron chi connectivity index (χ3n) is 4.02. The smallest absolute Gasteiger partial charge is 0.306 e. The highest BCUT2D eigenvalue weighted by Gasteiger charge is 2.44. The highest BCUT2D eigenvalue weighted by atomic mass is 32.2. The van der Waals surface area contributed by atoms with E-state index in [0.29, 0.717) is 5.75 Å². The molecule has 27 heavy (non-hydrogen) atoms. The van der Waals surface area contributed by atoms with Gasteiger partial charge in [0.2, 0.25) is 0 Å². The second-order valence-corrected chi connectivity index (χ2v) is 8.35. The molecule has 2 aliphatic heterocycles. The summed E-state index contributed by atoms with van der Waals surface area (Å²) in [7, 11) is -3.59. The standard InChI is InChI=1S/C13H16O6S.C6H4O/c1-8(14)17-12-13(2,3)10-7-9(19-20(4,15)16)5-6-11(10)18-12;1-2-4-6-5(3-1)7-6/h5-7,12H,1-4H3;1-4H. The number of benzene rings is 2. The van der Waals surface area contributed by atoms with Crippen LogP contribution in [0.1, 0.15) is 26.3 Å². The Bertz CT molecular complexity index is 958. The van der Waals surface area contributed by atoms with Crippen LogP contribution in [0.25, 0.3) is 0 Å². The van der Waals surface area contributed by atoms with E-state index in [0.717, 1.165) is 23.3 Å². The van der Waals surface area contributed by atoms with Crippen LogP contribution in [0, 0.1) is 0 Å². The molecule has 2 heterocycles. The maximum absolute atomic E-state index is 11.1. The maximum atomic E-state index is 11.1. The van der Waals surface area contributed by atoms with Gasteiger partial charge in [0, 0.05) is 12.5 Å². The summed E-state index contributed by atoms with van der Waals surface area (Å²) in [4.78, 5) is 11.1. The number of para-hydroxylation sites is 2. The molecule has 0 radical (unpaired) electrons. The fourth-order valence-corrected chi connectivity index (χ4v) is 3.12. The molecular formula is C19H20O7S. The molecule has 2 aromatic carbocycles. The predicted molar refractivity (Wildman–Crippen MR) is 97.6 cm³/mol. The van der Waals surface area contributed by atoms with Crippen LogP contribution in [0.5, 0.6) is 23.0 Å². The van der Waals surface area contributed by atoms with E-state index in [2.05, 4.69) is 0 Å². The Balaban J connectivity index is 0.000000246. The molecule has 0 saturated heterocycles. The Labute approximate surface area is 157 Å². The van der Waals surface area contributed by atoms with E-state index >= 15 is 0 Å². The van der Waals surface area contributed by atoms with E-state index in [4.69, 9.17) is 18.4 Å². The second kappa shape index (κ2) is 6.77. The van der Waals surface area contributed by atoms with Crippen LogP contribution in [0.15, 0.2) is 42.5 Å². The minimum Gasteiger partial charge on any atom is -0.454 e. The highest BCUT2D eigenvalue weighted by molar-refractivity contribution is 7.86. The predicted octanol–water partition coefficient (Wildman–Crippen LogP) is 3.38. The molecule has 8 heteroatoms. The van der Waals surface area contributed by atoms with Gasteiger partial charge in [-0.05, 0) is 44.2 Å². The van der Waals surface area contributed by atoms with Gasteiger partial charge in [0.25, 0.3) is 6.29 Å². The fraction of sp³-hybridized carbons (Fsp3) is 0.316. The van der Waals surface area contributed by atoms with Gasteiger partial charge >= 0.3 is 16.1 Å². The molecule has 0 amide bonds. The molecule has 7 nitrogen and oxygen atoms in total. The topological polar surface area (TPSA) is 91.4 Å². The molecule has 0 spiro atoms. The summed E-state index contributed by atoms with van der Waals surface area (Å²) in [5.41, 5.74) is 0.127. The zero-order chi connectivity index (χ0) is 19.8. The van der Waals surface area contributed by atoms with Crippen molar-refractivity contribution in [3.63, 3.8) is 0 Å². The molecule has 0 aliphatic carbocycles. The van der Waals surface area contributed by atoms with Crippen LogP contribution < -0.4 is 13.7 Å². The van der Waals surface area contributed by atoms with Gasteiger partial charge in [-0.3, -0.25) is 4.79 Å². The Morgan fingerprint density at radius 3 is 2.22 bits per heavy atom. The summed E-state index contributed by atoms with van der Waals surface area (Å²) in [5.74, 6) is 2.36. The fourth-order valence-electron chi connectivity index (χ4n) is 2.66. The molecule has 0 fully saturated rings. The monoisotopic (exact) mass is 392 g/mol. The lowest BCUT2D eigenvalue weighted by Crippen LogP contribution is -2.36. The van der Waals surface area contributed by atoms with Crippen molar-refractivity contribution in [2.45, 2.75) is 32.5 Å². The Morgan fingerprint density at radius 2 is 1.70 bits per heavy atom. The van der Waals surface area contributed by atoms with Gasteiger partial charge in [-0.15, -0.1) is 0 Å². The number of hydrogen-bond acceptors (Lipinski definition) is 7. The molecule has 0 bridgehead atoms. The third-order valence-corrected chi connectivity index (χ3v) is 4.51. The van der Waals surface area contributed by atoms with E-state index < -0.39 is 27.8 Å². The van der Waals surface area contributed by atoms with Gasteiger partial charge < -0.3 is 18.4 Å². The average molecular weight is 392 g/mol. The normalized spacial score (nSPS) is 17.9. The van der Waals surface area contributed by atoms with Crippen molar-refractivity contribution in [2.75, 3.05) is 6.26 Å². The highest BCUT2D eigenvalue weighted by Crippen LogP contribution is 2.45. The number of hydrogen-bond donors (Lipinski definition) is 0. The van der Waals surface area contributed by atoms with Crippen LogP contribution >= 0.6 is 0 Å². The van der Waals surface area contributed by atoms with E-state index in [1.807, 2.05) is 38.1 Å². The van der Waals surface area contributed by atoms with Crippen LogP contribution in [0.2, 0.25) is 0 Å². The first kappa shape index (κ1) is 19.0. The van der Waals surface area contributed by atoms with Crippen molar-refractivity contribution in [2.24, 2.45) is 0 Å². The largest absolute Gasteiger partial charge is 0.454 e. The van der Waals surface area contributed by atoms with Crippen LogP contribution in [-0.4, -0.2) is 26.9 Å². The molecule has 144 valence electrons. The summed E-state index contributed by atoms with van der Waals surface area (Å²) in [6.07, 6.45) is 0.229. The number of carbonyl (C=O) groups excluding carboxylic acids is 1. The second-order valence-electron chi connectivity index (χ2n) is 6.78. The van der Waals surface area contributed by atoms with Crippen molar-refractivity contribution < 1.29 is 31.6 Å². The molecule has 4 rings (SSSR count). The minimum atomic E-state index is -3.59. The zero-order valence-corrected chi connectivity index (χ0v) is 16.2. The first-order valence-corrected chi connectivity index (χ1v) is 10.0. The first-order chi connectivity index (χ1) is 12.6. The van der Waals surface area contributed by atoms with Crippen LogP contribution in [-0.2, 0) is 25.1 Å². The zero-order valence-electron chi connectivity index (χ0n) is 15.4. The summed E-state index contributed by atoms with van der Waals surface area (Å²) < 4.78 is 42.8. The van der Waals surface area contributed by atoms with Crippen molar-refractivity contribution >= 4 is 16.1 Å². The van der Waals surface area contributed by atoms with Crippen molar-refractivity contribution in [1.82, 2.24) is 0 Å². The minimum absolute atomic E-state index is 0.200. The van der Waals surface area contributed by atoms with Gasteiger partial charge in [0.15, 0.2) is 11.5 Å². The number of carbonyl (C=O) groups is 1. The molecular weight excluding hydrogens is 372 g/mol. The van der Waals surface area contributed by atoms with Crippen molar-refractivity contribution in [3.8, 4) is 23.0 Å². The Hall–Kier alpha value is -2.74. The quantitative estimate of drug-likeness (QED) is 0.383. The van der Waals surface area contributed by atoms with Crippen LogP contribution in [0.3, 0.4) is 0 Å². The molecule has 0 saturated carbocycles. The van der Waals surface area contributed by atoms with E-state index in [1.54, 1.807) is 12.1 Å². The Kier molecular flexibility index (Phi) is 4.77. The average Bonchev–Trinajstić information content (AvgIpc) is 3.29. The third kappa shape index (κ3) is 4.51. The van der Waals surface area contributed by atoms with Gasteiger partial charge in [-0.25, -0.2) is 0 Å². The van der Waals surface area contributed by atoms with Crippen LogP contribution in [0.4, 0.5) is 0 Å². The summed E-state index contributed by atoms with van der Waals surface area (Å²) in [6.45, 7) is 4.99. The number of esters is 1. The van der Waals surface area contributed by atoms with Crippen molar-refractivity contribution in [1.29, 1.82) is 0 Å². The lowest BCUT2D eigenvalue weighted by atomic mass is 9.85. The SMILES string of the molecule is CC(=O)OC1Oc2ccc(OS(C)(=O)=O)cc2C1(C)C.c1ccc2c(c1)O2. The summed E-state index contributed by atoms with van der Waals surface area (Å²) >= 11 is 0. The van der Waals surface area contributed by atoms with Crippen molar-refractivity contribution in [3.05, 3.63) is 48.0 Å². The molecule has 1 unspecified atom stereocenters. The van der Waals surface area contributed by atoms with Gasteiger partial charge in [0.05, 0.1) is 11.7 Å². The summed E-state index contributed by atoms with van der Waals surface area (Å²) in [6, 6.07) is 12.5. The Morgan fingerprint density at radius 1 is 1.07 bits per heavy atom. The number of rotatable bonds is 3. The lowest BCUT2D eigenvalue weighted by Gasteiger charge is -2.24. The van der Waals surface area contributed by atoms with Gasteiger partial charge in [0.1, 0.15) is 11.5 Å². The molecule has 1 atom stereocenters. The van der Waals surface area contributed by atoms with Gasteiger partial charge in [-0.1, -0.05) is 12.1 Å². The number of fused-ring (bicyclic) bond motifs is 2. The molecule has 0 aromatic heterocycles. The molecule has 2 aliphatic rings. The molecule has 0 N–H and O–H groups in total. The lowest BCUT2D eigenvalue weighted by molar-refractivity contribution is -0.165. The van der Waals surface area contributed by atoms with E-state index in [9.17, 15) is 13.2 Å².